The summed E-state index contributed by atoms with van der Waals surface area (Å²) in [5.41, 5.74) is 0. The SMILES string of the molecule is Fc1ccc(N2C3CCC2CNC3)nc1. The van der Waals surface area contributed by atoms with Gasteiger partial charge in [0, 0.05) is 25.2 Å². The molecule has 1 aromatic heterocycles. The van der Waals surface area contributed by atoms with Crippen molar-refractivity contribution in [3.63, 3.8) is 0 Å². The minimum atomic E-state index is -0.263. The molecule has 1 N–H and O–H groups in total. The van der Waals surface area contributed by atoms with Gasteiger partial charge in [0.25, 0.3) is 0 Å². The standard InChI is InChI=1S/C11H14FN3/c12-8-1-4-11(14-5-8)15-9-2-3-10(15)7-13-6-9/h1,4-5,9-10,13H,2-3,6-7H2. The topological polar surface area (TPSA) is 28.2 Å². The first-order valence-electron chi connectivity index (χ1n) is 5.45. The number of hydrogen-bond donors (Lipinski definition) is 1. The first kappa shape index (κ1) is 9.09. The van der Waals surface area contributed by atoms with Crippen LogP contribution in [0.4, 0.5) is 10.2 Å². The van der Waals surface area contributed by atoms with Crippen LogP contribution in [0.2, 0.25) is 0 Å². The van der Waals surface area contributed by atoms with Gasteiger partial charge in [0.05, 0.1) is 6.20 Å². The van der Waals surface area contributed by atoms with Gasteiger partial charge in [0.2, 0.25) is 0 Å². The number of pyridine rings is 1. The fraction of sp³-hybridized carbons (Fsp3) is 0.545. The molecule has 0 radical (unpaired) electrons. The quantitative estimate of drug-likeness (QED) is 0.749. The number of aromatic nitrogens is 1. The molecule has 2 aliphatic rings. The van der Waals surface area contributed by atoms with Crippen LogP contribution in [-0.4, -0.2) is 30.2 Å². The highest BCUT2D eigenvalue weighted by Gasteiger charge is 2.36. The molecule has 0 spiro atoms. The van der Waals surface area contributed by atoms with E-state index in [2.05, 4.69) is 15.2 Å². The molecule has 2 unspecified atom stereocenters. The molecular weight excluding hydrogens is 193 g/mol. The number of fused-ring (bicyclic) bond motifs is 2. The van der Waals surface area contributed by atoms with Gasteiger partial charge >= 0.3 is 0 Å². The second-order valence-corrected chi connectivity index (χ2v) is 4.29. The third-order valence-electron chi connectivity index (χ3n) is 3.36. The Bertz CT molecular complexity index is 335. The zero-order valence-electron chi connectivity index (χ0n) is 8.49. The van der Waals surface area contributed by atoms with Crippen molar-refractivity contribution in [3.05, 3.63) is 24.1 Å². The summed E-state index contributed by atoms with van der Waals surface area (Å²) in [4.78, 5) is 6.51. The molecule has 0 saturated carbocycles. The van der Waals surface area contributed by atoms with E-state index in [0.717, 1.165) is 18.9 Å². The molecular formula is C11H14FN3. The number of halogens is 1. The molecule has 2 fully saturated rings. The molecule has 2 aliphatic heterocycles. The van der Waals surface area contributed by atoms with Crippen LogP contribution in [0.3, 0.4) is 0 Å². The van der Waals surface area contributed by atoms with Crippen molar-refractivity contribution in [2.24, 2.45) is 0 Å². The van der Waals surface area contributed by atoms with Crippen molar-refractivity contribution in [1.82, 2.24) is 10.3 Å². The monoisotopic (exact) mass is 207 g/mol. The Kier molecular flexibility index (Phi) is 2.09. The predicted octanol–water partition coefficient (Wildman–Crippen LogP) is 1.16. The largest absolute Gasteiger partial charge is 0.348 e. The molecule has 2 saturated heterocycles. The maximum atomic E-state index is 12.8. The van der Waals surface area contributed by atoms with Crippen molar-refractivity contribution in [2.75, 3.05) is 18.0 Å². The minimum Gasteiger partial charge on any atom is -0.348 e. The first-order valence-corrected chi connectivity index (χ1v) is 5.45. The molecule has 3 heterocycles. The van der Waals surface area contributed by atoms with Crippen LogP contribution in [0.1, 0.15) is 12.8 Å². The third-order valence-corrected chi connectivity index (χ3v) is 3.36. The molecule has 2 bridgehead atoms. The molecule has 0 aliphatic carbocycles. The first-order chi connectivity index (χ1) is 7.34. The Hall–Kier alpha value is -1.16. The highest BCUT2D eigenvalue weighted by molar-refractivity contribution is 5.43. The smallest absolute Gasteiger partial charge is 0.141 e. The lowest BCUT2D eigenvalue weighted by molar-refractivity contribution is 0.480. The van der Waals surface area contributed by atoms with Crippen LogP contribution >= 0.6 is 0 Å². The second-order valence-electron chi connectivity index (χ2n) is 4.29. The Labute approximate surface area is 88.3 Å². The van der Waals surface area contributed by atoms with Crippen molar-refractivity contribution in [1.29, 1.82) is 0 Å². The van der Waals surface area contributed by atoms with Gasteiger partial charge in [0.15, 0.2) is 0 Å². The van der Waals surface area contributed by atoms with Gasteiger partial charge in [-0.15, -0.1) is 0 Å². The molecule has 0 aromatic carbocycles. The Balaban J connectivity index is 1.90. The highest BCUT2D eigenvalue weighted by Crippen LogP contribution is 2.30. The molecule has 2 atom stereocenters. The van der Waals surface area contributed by atoms with Gasteiger partial charge in [-0.05, 0) is 25.0 Å². The van der Waals surface area contributed by atoms with Crippen molar-refractivity contribution in [2.45, 2.75) is 24.9 Å². The van der Waals surface area contributed by atoms with Crippen molar-refractivity contribution < 1.29 is 4.39 Å². The van der Waals surface area contributed by atoms with E-state index in [-0.39, 0.29) is 5.82 Å². The summed E-state index contributed by atoms with van der Waals surface area (Å²) in [5, 5.41) is 3.41. The molecule has 80 valence electrons. The summed E-state index contributed by atoms with van der Waals surface area (Å²) in [6.45, 7) is 2.05. The highest BCUT2D eigenvalue weighted by atomic mass is 19.1. The average molecular weight is 207 g/mol. The van der Waals surface area contributed by atoms with E-state index in [9.17, 15) is 4.39 Å². The lowest BCUT2D eigenvalue weighted by atomic mass is 10.2. The van der Waals surface area contributed by atoms with Crippen LogP contribution < -0.4 is 10.2 Å². The van der Waals surface area contributed by atoms with Gasteiger partial charge in [-0.1, -0.05) is 0 Å². The van der Waals surface area contributed by atoms with E-state index in [0.29, 0.717) is 12.1 Å². The number of rotatable bonds is 1. The van der Waals surface area contributed by atoms with E-state index in [1.165, 1.54) is 25.1 Å². The number of nitrogens with zero attached hydrogens (tertiary/aromatic N) is 2. The number of hydrogen-bond acceptors (Lipinski definition) is 3. The van der Waals surface area contributed by atoms with Gasteiger partial charge < -0.3 is 10.2 Å². The summed E-state index contributed by atoms with van der Waals surface area (Å²) in [7, 11) is 0. The Morgan fingerprint density at radius 2 is 2.00 bits per heavy atom. The van der Waals surface area contributed by atoms with Crippen LogP contribution in [0, 0.1) is 5.82 Å². The van der Waals surface area contributed by atoms with E-state index in [1.807, 2.05) is 0 Å². The van der Waals surface area contributed by atoms with Gasteiger partial charge in [0.1, 0.15) is 11.6 Å². The second kappa shape index (κ2) is 3.45. The summed E-state index contributed by atoms with van der Waals surface area (Å²) in [5.74, 6) is 0.659. The number of piperazine rings is 1. The maximum absolute atomic E-state index is 12.8. The number of nitrogens with one attached hydrogen (secondary N) is 1. The number of anilines is 1. The van der Waals surface area contributed by atoms with Crippen LogP contribution in [-0.2, 0) is 0 Å². The Morgan fingerprint density at radius 1 is 1.27 bits per heavy atom. The van der Waals surface area contributed by atoms with Crippen LogP contribution in [0.15, 0.2) is 18.3 Å². The summed E-state index contributed by atoms with van der Waals surface area (Å²) < 4.78 is 12.8. The average Bonchev–Trinajstić information content (AvgIpc) is 2.51. The van der Waals surface area contributed by atoms with Crippen molar-refractivity contribution >= 4 is 5.82 Å². The van der Waals surface area contributed by atoms with Crippen LogP contribution in [0.5, 0.6) is 0 Å². The Morgan fingerprint density at radius 3 is 2.60 bits per heavy atom. The van der Waals surface area contributed by atoms with Gasteiger partial charge in [-0.3, -0.25) is 0 Å². The molecule has 1 aromatic rings. The molecule has 0 amide bonds. The van der Waals surface area contributed by atoms with E-state index >= 15 is 0 Å². The lowest BCUT2D eigenvalue weighted by Gasteiger charge is -2.36. The summed E-state index contributed by atoms with van der Waals surface area (Å²) in [6, 6.07) is 4.36. The molecule has 4 heteroatoms. The zero-order chi connectivity index (χ0) is 10.3. The molecule has 3 nitrogen and oxygen atoms in total. The fourth-order valence-corrected chi connectivity index (χ4v) is 2.67. The third kappa shape index (κ3) is 1.49. The molecule has 15 heavy (non-hydrogen) atoms. The van der Waals surface area contributed by atoms with Crippen LogP contribution in [0.25, 0.3) is 0 Å². The fourth-order valence-electron chi connectivity index (χ4n) is 2.67. The summed E-state index contributed by atoms with van der Waals surface area (Å²) >= 11 is 0. The van der Waals surface area contributed by atoms with Gasteiger partial charge in [-0.2, -0.15) is 0 Å². The van der Waals surface area contributed by atoms with E-state index < -0.39 is 0 Å². The normalized spacial score (nSPS) is 29.5. The minimum absolute atomic E-state index is 0.263. The molecule has 3 rings (SSSR count). The zero-order valence-corrected chi connectivity index (χ0v) is 8.49. The van der Waals surface area contributed by atoms with E-state index in [4.69, 9.17) is 0 Å². The van der Waals surface area contributed by atoms with Gasteiger partial charge in [-0.25, -0.2) is 9.37 Å². The lowest BCUT2D eigenvalue weighted by Crippen LogP contribution is -2.52. The predicted molar refractivity (Wildman–Crippen MR) is 56.4 cm³/mol. The maximum Gasteiger partial charge on any atom is 0.141 e. The van der Waals surface area contributed by atoms with Crippen molar-refractivity contribution in [3.8, 4) is 0 Å². The van der Waals surface area contributed by atoms with E-state index in [1.54, 1.807) is 6.07 Å². The summed E-state index contributed by atoms with van der Waals surface area (Å²) in [6.07, 6.45) is 3.74.